The Labute approximate surface area is 298 Å². The van der Waals surface area contributed by atoms with Crippen molar-refractivity contribution in [1.82, 2.24) is 14.8 Å². The summed E-state index contributed by atoms with van der Waals surface area (Å²) in [6, 6.07) is 28.6. The Bertz CT molecular complexity index is 2090. The molecule has 1 aromatic heterocycles. The van der Waals surface area contributed by atoms with Crippen LogP contribution in [0, 0.1) is 32.1 Å². The number of carbonyl (C=O) groups excluding carboxylic acids is 2. The number of para-hydroxylation sites is 2. The molecule has 1 aliphatic heterocycles. The van der Waals surface area contributed by atoms with Gasteiger partial charge in [0, 0.05) is 38.5 Å². The largest absolute Gasteiger partial charge is 0.454 e. The zero-order chi connectivity index (χ0) is 35.7. The van der Waals surface area contributed by atoms with Crippen LogP contribution >= 0.6 is 0 Å². The first-order valence-electron chi connectivity index (χ1n) is 17.4. The molecule has 5 aromatic rings. The van der Waals surface area contributed by atoms with Crippen molar-refractivity contribution in [2.75, 3.05) is 19.9 Å². The van der Waals surface area contributed by atoms with Gasteiger partial charge in [0.15, 0.2) is 17.1 Å². The van der Waals surface area contributed by atoms with Crippen molar-refractivity contribution >= 4 is 22.9 Å². The Morgan fingerprint density at radius 1 is 0.863 bits per heavy atom. The van der Waals surface area contributed by atoms with Gasteiger partial charge in [-0.3, -0.25) is 14.2 Å². The predicted octanol–water partition coefficient (Wildman–Crippen LogP) is 6.01. The fourth-order valence-corrected chi connectivity index (χ4v) is 6.46. The van der Waals surface area contributed by atoms with E-state index in [2.05, 4.69) is 43.3 Å². The number of aryl methyl sites for hydroxylation is 4. The summed E-state index contributed by atoms with van der Waals surface area (Å²) in [5, 5.41) is 3.17. The molecule has 2 atom stereocenters. The number of hydrogen-bond acceptors (Lipinski definition) is 6. The Hall–Kier alpha value is -5.75. The summed E-state index contributed by atoms with van der Waals surface area (Å²) in [5.74, 6) is 3.06. The number of nitrogens with one attached hydrogen (secondary N) is 1. The zero-order valence-electron chi connectivity index (χ0n) is 29.1. The van der Waals surface area contributed by atoms with Gasteiger partial charge in [-0.05, 0) is 85.2 Å². The zero-order valence-corrected chi connectivity index (χ0v) is 29.1. The Kier molecular flexibility index (Phi) is 11.2. The molecule has 0 saturated heterocycles. The lowest BCUT2D eigenvalue weighted by atomic mass is 9.92. The number of carbonyl (C=O) groups is 2. The molecule has 9 nitrogen and oxygen atoms in total. The first kappa shape index (κ1) is 35.1. The maximum atomic E-state index is 14.0. The number of oxazole rings is 1. The van der Waals surface area contributed by atoms with Crippen LogP contribution in [0.4, 0.5) is 0 Å². The summed E-state index contributed by atoms with van der Waals surface area (Å²) in [6.45, 7) is 5.19. The Morgan fingerprint density at radius 3 is 2.41 bits per heavy atom. The highest BCUT2D eigenvalue weighted by atomic mass is 16.7. The van der Waals surface area contributed by atoms with Gasteiger partial charge >= 0.3 is 5.76 Å². The number of nitrogens with zero attached hydrogens (tertiary/aromatic N) is 2. The van der Waals surface area contributed by atoms with E-state index in [-0.39, 0.29) is 38.1 Å². The van der Waals surface area contributed by atoms with E-state index in [1.54, 1.807) is 18.2 Å². The van der Waals surface area contributed by atoms with Crippen molar-refractivity contribution in [3.05, 3.63) is 129 Å². The van der Waals surface area contributed by atoms with Gasteiger partial charge in [-0.1, -0.05) is 72.7 Å². The summed E-state index contributed by atoms with van der Waals surface area (Å²) in [4.78, 5) is 41.9. The molecule has 0 fully saturated rings. The molecule has 2 amide bonds. The van der Waals surface area contributed by atoms with Crippen LogP contribution in [0.5, 0.6) is 11.5 Å². The SMILES string of the molecule is C#CC(CN(CCc1ccc2c(c1)OCO2)C(=O)CCc1ccc(C)c(C)c1)C(Cc1ccccc1)NC(=O)CCn1c(=O)oc2ccccc21. The van der Waals surface area contributed by atoms with E-state index in [4.69, 9.17) is 20.3 Å². The average molecular weight is 686 g/mol. The van der Waals surface area contributed by atoms with Gasteiger partial charge in [-0.25, -0.2) is 4.79 Å². The molecule has 6 rings (SSSR count). The number of aromatic nitrogens is 1. The van der Waals surface area contributed by atoms with Crippen LogP contribution in [-0.4, -0.2) is 47.2 Å². The molecule has 1 N–H and O–H groups in total. The fourth-order valence-electron chi connectivity index (χ4n) is 6.46. The fraction of sp³-hybridized carbons (Fsp3) is 0.310. The Balaban J connectivity index is 1.19. The summed E-state index contributed by atoms with van der Waals surface area (Å²) in [7, 11) is 0. The maximum Gasteiger partial charge on any atom is 0.419 e. The van der Waals surface area contributed by atoms with Crippen molar-refractivity contribution < 1.29 is 23.5 Å². The second kappa shape index (κ2) is 16.3. The number of ether oxygens (including phenoxy) is 2. The summed E-state index contributed by atoms with van der Waals surface area (Å²) in [6.07, 6.45) is 8.26. The maximum absolute atomic E-state index is 14.0. The van der Waals surface area contributed by atoms with Crippen LogP contribution in [0.2, 0.25) is 0 Å². The summed E-state index contributed by atoms with van der Waals surface area (Å²) >= 11 is 0. The highest BCUT2D eigenvalue weighted by Crippen LogP contribution is 2.32. The quantitative estimate of drug-likeness (QED) is 0.136. The third-order valence-electron chi connectivity index (χ3n) is 9.56. The summed E-state index contributed by atoms with van der Waals surface area (Å²) in [5.41, 5.74) is 6.64. The Morgan fingerprint density at radius 2 is 1.61 bits per heavy atom. The monoisotopic (exact) mass is 685 g/mol. The topological polar surface area (TPSA) is 103 Å². The average Bonchev–Trinajstić information content (AvgIpc) is 3.74. The number of terminal acetylenes is 1. The summed E-state index contributed by atoms with van der Waals surface area (Å²) < 4.78 is 17.9. The third-order valence-corrected chi connectivity index (χ3v) is 9.56. The van der Waals surface area contributed by atoms with Crippen LogP contribution in [0.3, 0.4) is 0 Å². The molecule has 0 saturated carbocycles. The normalized spacial score (nSPS) is 13.0. The van der Waals surface area contributed by atoms with Crippen LogP contribution in [0.15, 0.2) is 100 Å². The van der Waals surface area contributed by atoms with Crippen LogP contribution < -0.4 is 20.5 Å². The van der Waals surface area contributed by atoms with E-state index < -0.39 is 17.7 Å². The molecule has 4 aromatic carbocycles. The van der Waals surface area contributed by atoms with Gasteiger partial charge in [0.05, 0.1) is 11.4 Å². The molecule has 0 aliphatic carbocycles. The third kappa shape index (κ3) is 8.89. The molecule has 1 aliphatic rings. The van der Waals surface area contributed by atoms with Crippen molar-refractivity contribution in [2.45, 2.75) is 58.5 Å². The standard InChI is InChI=1S/C42H43N3O6/c1-4-34(35(25-31-10-6-5-7-11-31)43-40(46)21-23-45-36-12-8-9-13-37(36)51-42(45)48)27-44(22-20-33-16-18-38-39(26-33)50-28-49-38)41(47)19-17-32-15-14-29(2)30(3)24-32/h1,5-16,18,24,26,34-35H,17,19-23,25,27-28H2,2-3H3,(H,43,46). The van der Waals surface area contributed by atoms with Gasteiger partial charge in [0.25, 0.3) is 0 Å². The number of fused-ring (bicyclic) bond motifs is 2. The van der Waals surface area contributed by atoms with Crippen molar-refractivity contribution in [1.29, 1.82) is 0 Å². The smallest absolute Gasteiger partial charge is 0.419 e. The molecule has 2 heterocycles. The van der Waals surface area contributed by atoms with Gasteiger partial charge in [0.2, 0.25) is 18.6 Å². The van der Waals surface area contributed by atoms with Crippen LogP contribution in [0.25, 0.3) is 11.1 Å². The molecule has 2 unspecified atom stereocenters. The lowest BCUT2D eigenvalue weighted by molar-refractivity contribution is -0.131. The highest BCUT2D eigenvalue weighted by molar-refractivity contribution is 5.78. The molecule has 0 spiro atoms. The van der Waals surface area contributed by atoms with Gasteiger partial charge in [-0.2, -0.15) is 0 Å². The molecule has 0 radical (unpaired) electrons. The molecular formula is C42H43N3O6. The highest BCUT2D eigenvalue weighted by Gasteiger charge is 2.27. The lowest BCUT2D eigenvalue weighted by Crippen LogP contribution is -2.47. The van der Waals surface area contributed by atoms with Gasteiger partial charge in [0.1, 0.15) is 0 Å². The molecular weight excluding hydrogens is 642 g/mol. The second-order valence-electron chi connectivity index (χ2n) is 13.1. The van der Waals surface area contributed by atoms with E-state index >= 15 is 0 Å². The molecule has 262 valence electrons. The second-order valence-corrected chi connectivity index (χ2v) is 13.1. The number of benzene rings is 4. The molecule has 9 heteroatoms. The van der Waals surface area contributed by atoms with E-state index in [1.807, 2.05) is 59.5 Å². The van der Waals surface area contributed by atoms with E-state index in [1.165, 1.54) is 15.7 Å². The molecule has 0 bridgehead atoms. The molecule has 51 heavy (non-hydrogen) atoms. The number of amides is 2. The van der Waals surface area contributed by atoms with Crippen molar-refractivity contribution in [3.63, 3.8) is 0 Å². The van der Waals surface area contributed by atoms with E-state index in [9.17, 15) is 14.4 Å². The van der Waals surface area contributed by atoms with Crippen molar-refractivity contribution in [2.24, 2.45) is 5.92 Å². The lowest BCUT2D eigenvalue weighted by Gasteiger charge is -2.31. The predicted molar refractivity (Wildman–Crippen MR) is 197 cm³/mol. The number of rotatable bonds is 15. The van der Waals surface area contributed by atoms with Crippen LogP contribution in [0.1, 0.15) is 40.7 Å². The van der Waals surface area contributed by atoms with E-state index in [0.29, 0.717) is 54.8 Å². The van der Waals surface area contributed by atoms with Gasteiger partial charge < -0.3 is 24.1 Å². The minimum absolute atomic E-state index is 0.00906. The minimum atomic E-state index is -0.510. The first-order chi connectivity index (χ1) is 24.8. The first-order valence-corrected chi connectivity index (χ1v) is 17.4. The van der Waals surface area contributed by atoms with Crippen molar-refractivity contribution in [3.8, 4) is 23.8 Å². The van der Waals surface area contributed by atoms with Gasteiger partial charge in [-0.15, -0.1) is 6.42 Å². The van der Waals surface area contributed by atoms with Crippen LogP contribution in [-0.2, 0) is 35.4 Å². The number of hydrogen-bond donors (Lipinski definition) is 1. The minimum Gasteiger partial charge on any atom is -0.454 e. The van der Waals surface area contributed by atoms with E-state index in [0.717, 1.165) is 16.7 Å².